The van der Waals surface area contributed by atoms with Gasteiger partial charge in [-0.25, -0.2) is 9.97 Å². The van der Waals surface area contributed by atoms with Crippen molar-refractivity contribution in [3.8, 4) is 0 Å². The van der Waals surface area contributed by atoms with Crippen LogP contribution in [0.15, 0.2) is 36.7 Å². The molecule has 0 bridgehead atoms. The Hall–Kier alpha value is -2.10. The molecule has 0 aliphatic carbocycles. The summed E-state index contributed by atoms with van der Waals surface area (Å²) in [5.74, 6) is 2.20. The highest BCUT2D eigenvalue weighted by Gasteiger charge is 2.01. The van der Waals surface area contributed by atoms with Crippen molar-refractivity contribution < 1.29 is 0 Å². The average molecular weight is 270 g/mol. The molecule has 2 aromatic rings. The fraction of sp³-hybridized carbons (Fsp3) is 0.375. The fourth-order valence-electron chi connectivity index (χ4n) is 1.87. The number of benzene rings is 1. The van der Waals surface area contributed by atoms with Gasteiger partial charge < -0.3 is 10.6 Å². The smallest absolute Gasteiger partial charge is 0.135 e. The van der Waals surface area contributed by atoms with E-state index in [1.165, 1.54) is 5.56 Å². The van der Waals surface area contributed by atoms with Crippen LogP contribution in [0.4, 0.5) is 17.3 Å². The maximum Gasteiger partial charge on any atom is 0.135 e. The molecule has 0 unspecified atom stereocenters. The predicted molar refractivity (Wildman–Crippen MR) is 84.6 cm³/mol. The Kier molecular flexibility index (Phi) is 4.93. The lowest BCUT2D eigenvalue weighted by Crippen LogP contribution is -2.03. The zero-order valence-electron chi connectivity index (χ0n) is 12.4. The molecule has 0 aliphatic rings. The number of nitrogens with one attached hydrogen (secondary N) is 2. The minimum absolute atomic E-state index is 0.549. The first-order valence-corrected chi connectivity index (χ1v) is 7.12. The van der Waals surface area contributed by atoms with E-state index in [4.69, 9.17) is 0 Å². The minimum Gasteiger partial charge on any atom is -0.370 e. The molecule has 1 heterocycles. The molecule has 0 fully saturated rings. The van der Waals surface area contributed by atoms with Crippen LogP contribution in [0.5, 0.6) is 0 Å². The molecule has 1 aromatic heterocycles. The van der Waals surface area contributed by atoms with E-state index in [9.17, 15) is 0 Å². The first-order valence-electron chi connectivity index (χ1n) is 7.12. The maximum atomic E-state index is 4.24. The Labute approximate surface area is 120 Å². The Bertz CT molecular complexity index is 534. The van der Waals surface area contributed by atoms with Crippen molar-refractivity contribution in [2.24, 2.45) is 0 Å². The molecule has 0 aliphatic heterocycles. The number of hydrogen-bond donors (Lipinski definition) is 2. The Morgan fingerprint density at radius 3 is 2.40 bits per heavy atom. The summed E-state index contributed by atoms with van der Waals surface area (Å²) in [6.45, 7) is 7.43. The molecule has 0 saturated carbocycles. The van der Waals surface area contributed by atoms with Crippen molar-refractivity contribution in [1.29, 1.82) is 0 Å². The van der Waals surface area contributed by atoms with Gasteiger partial charge in [-0.15, -0.1) is 0 Å². The van der Waals surface area contributed by atoms with E-state index in [2.05, 4.69) is 65.6 Å². The molecule has 4 heteroatoms. The Morgan fingerprint density at radius 2 is 1.75 bits per heavy atom. The van der Waals surface area contributed by atoms with E-state index in [-0.39, 0.29) is 0 Å². The van der Waals surface area contributed by atoms with E-state index in [0.717, 1.165) is 30.3 Å². The summed E-state index contributed by atoms with van der Waals surface area (Å²) < 4.78 is 0. The SMILES string of the molecule is CCCNc1cc(Nc2ccc(C(C)C)cc2)ncn1. The Balaban J connectivity index is 2.05. The van der Waals surface area contributed by atoms with Crippen molar-refractivity contribution in [2.75, 3.05) is 17.2 Å². The second-order valence-electron chi connectivity index (χ2n) is 5.12. The molecule has 106 valence electrons. The summed E-state index contributed by atoms with van der Waals surface area (Å²) in [7, 11) is 0. The summed E-state index contributed by atoms with van der Waals surface area (Å²) in [4.78, 5) is 8.43. The van der Waals surface area contributed by atoms with Crippen LogP contribution in [0, 0.1) is 0 Å². The molecule has 4 nitrogen and oxygen atoms in total. The lowest BCUT2D eigenvalue weighted by molar-refractivity contribution is 0.867. The number of nitrogens with zero attached hydrogens (tertiary/aromatic N) is 2. The summed E-state index contributed by atoms with van der Waals surface area (Å²) in [6, 6.07) is 10.4. The standard InChI is InChI=1S/C16H22N4/c1-4-9-17-15-10-16(19-11-18-15)20-14-7-5-13(6-8-14)12(2)3/h5-8,10-12H,4,9H2,1-3H3,(H2,17,18,19,20). The van der Waals surface area contributed by atoms with E-state index < -0.39 is 0 Å². The van der Waals surface area contributed by atoms with Gasteiger partial charge >= 0.3 is 0 Å². The molecule has 2 rings (SSSR count). The van der Waals surface area contributed by atoms with Crippen molar-refractivity contribution in [3.63, 3.8) is 0 Å². The van der Waals surface area contributed by atoms with Gasteiger partial charge in [-0.1, -0.05) is 32.9 Å². The summed E-state index contributed by atoms with van der Waals surface area (Å²) in [6.07, 6.45) is 2.65. The van der Waals surface area contributed by atoms with Crippen LogP contribution in [0.25, 0.3) is 0 Å². The zero-order valence-corrected chi connectivity index (χ0v) is 12.4. The summed E-state index contributed by atoms with van der Waals surface area (Å²) >= 11 is 0. The molecule has 0 spiro atoms. The van der Waals surface area contributed by atoms with Gasteiger partial charge in [0, 0.05) is 18.3 Å². The predicted octanol–water partition coefficient (Wildman–Crippen LogP) is 4.17. The van der Waals surface area contributed by atoms with Gasteiger partial charge in [0.2, 0.25) is 0 Å². The quantitative estimate of drug-likeness (QED) is 0.827. The van der Waals surface area contributed by atoms with Gasteiger partial charge in [0.25, 0.3) is 0 Å². The van der Waals surface area contributed by atoms with E-state index in [1.54, 1.807) is 6.33 Å². The second kappa shape index (κ2) is 6.89. The van der Waals surface area contributed by atoms with E-state index in [1.807, 2.05) is 6.07 Å². The molecule has 2 N–H and O–H groups in total. The maximum absolute atomic E-state index is 4.24. The van der Waals surface area contributed by atoms with Gasteiger partial charge in [-0.05, 0) is 30.0 Å². The van der Waals surface area contributed by atoms with Gasteiger partial charge in [0.05, 0.1) is 0 Å². The van der Waals surface area contributed by atoms with Crippen molar-refractivity contribution in [3.05, 3.63) is 42.2 Å². The summed E-state index contributed by atoms with van der Waals surface area (Å²) in [5.41, 5.74) is 2.37. The largest absolute Gasteiger partial charge is 0.370 e. The van der Waals surface area contributed by atoms with Crippen molar-refractivity contribution in [1.82, 2.24) is 9.97 Å². The molecule has 20 heavy (non-hydrogen) atoms. The highest BCUT2D eigenvalue weighted by molar-refractivity contribution is 5.59. The van der Waals surface area contributed by atoms with Crippen LogP contribution in [0.1, 0.15) is 38.7 Å². The number of aromatic nitrogens is 2. The highest BCUT2D eigenvalue weighted by atomic mass is 15.1. The first-order chi connectivity index (χ1) is 9.69. The number of rotatable bonds is 6. The van der Waals surface area contributed by atoms with Crippen molar-refractivity contribution in [2.45, 2.75) is 33.1 Å². The molecular formula is C16H22N4. The second-order valence-corrected chi connectivity index (χ2v) is 5.12. The molecule has 0 amide bonds. The first kappa shape index (κ1) is 14.3. The normalized spacial score (nSPS) is 10.6. The number of hydrogen-bond acceptors (Lipinski definition) is 4. The fourth-order valence-corrected chi connectivity index (χ4v) is 1.87. The van der Waals surface area contributed by atoms with Gasteiger partial charge in [0.15, 0.2) is 0 Å². The van der Waals surface area contributed by atoms with Crippen LogP contribution in [0.2, 0.25) is 0 Å². The number of anilines is 3. The van der Waals surface area contributed by atoms with Gasteiger partial charge in [-0.3, -0.25) is 0 Å². The van der Waals surface area contributed by atoms with E-state index in [0.29, 0.717) is 5.92 Å². The van der Waals surface area contributed by atoms with Crippen LogP contribution in [-0.4, -0.2) is 16.5 Å². The van der Waals surface area contributed by atoms with Crippen LogP contribution in [-0.2, 0) is 0 Å². The monoisotopic (exact) mass is 270 g/mol. The van der Waals surface area contributed by atoms with Crippen LogP contribution in [0.3, 0.4) is 0 Å². The molecule has 0 saturated heterocycles. The molecular weight excluding hydrogens is 248 g/mol. The van der Waals surface area contributed by atoms with Crippen molar-refractivity contribution >= 4 is 17.3 Å². The molecule has 1 aromatic carbocycles. The third-order valence-electron chi connectivity index (χ3n) is 3.07. The minimum atomic E-state index is 0.549. The lowest BCUT2D eigenvalue weighted by atomic mass is 10.0. The van der Waals surface area contributed by atoms with Gasteiger partial charge in [0.1, 0.15) is 18.0 Å². The average Bonchev–Trinajstić information content (AvgIpc) is 2.46. The van der Waals surface area contributed by atoms with Crippen LogP contribution < -0.4 is 10.6 Å². The van der Waals surface area contributed by atoms with E-state index >= 15 is 0 Å². The van der Waals surface area contributed by atoms with Gasteiger partial charge in [-0.2, -0.15) is 0 Å². The molecule has 0 atom stereocenters. The highest BCUT2D eigenvalue weighted by Crippen LogP contribution is 2.20. The third kappa shape index (κ3) is 3.95. The lowest BCUT2D eigenvalue weighted by Gasteiger charge is -2.10. The molecule has 0 radical (unpaired) electrons. The topological polar surface area (TPSA) is 49.8 Å². The Morgan fingerprint density at radius 1 is 1.05 bits per heavy atom. The third-order valence-corrected chi connectivity index (χ3v) is 3.07. The van der Waals surface area contributed by atoms with Crippen LogP contribution >= 0.6 is 0 Å². The summed E-state index contributed by atoms with van der Waals surface area (Å²) in [5, 5.41) is 6.55. The zero-order chi connectivity index (χ0) is 14.4.